The molecule has 2 rings (SSSR count). The van der Waals surface area contributed by atoms with Crippen molar-refractivity contribution in [3.8, 4) is 0 Å². The summed E-state index contributed by atoms with van der Waals surface area (Å²) < 4.78 is 5.87. The van der Waals surface area contributed by atoms with Gasteiger partial charge in [0.15, 0.2) is 4.67 Å². The molecule has 0 aromatic carbocycles. The zero-order valence-corrected chi connectivity index (χ0v) is 12.2. The number of urea groups is 1. The number of carbonyl (C=O) groups excluding carboxylic acids is 1. The molecule has 0 spiro atoms. The number of hydrogen-bond donors (Lipinski definition) is 1. The number of rotatable bonds is 2. The summed E-state index contributed by atoms with van der Waals surface area (Å²) in [5.74, 6) is 0.464. The van der Waals surface area contributed by atoms with E-state index < -0.39 is 0 Å². The first-order chi connectivity index (χ1) is 8.56. The van der Waals surface area contributed by atoms with Crippen molar-refractivity contribution in [3.63, 3.8) is 0 Å². The topological polar surface area (TPSA) is 48.7 Å². The highest BCUT2D eigenvalue weighted by Crippen LogP contribution is 2.20. The average Bonchev–Trinajstić information content (AvgIpc) is 2.75. The molecule has 1 aromatic rings. The number of nitrogens with one attached hydrogen (secondary N) is 1. The molecule has 1 saturated heterocycles. The molecule has 0 atom stereocenters. The lowest BCUT2D eigenvalue weighted by molar-refractivity contribution is 0.156. The van der Waals surface area contributed by atoms with Crippen LogP contribution in [0.5, 0.6) is 0 Å². The van der Waals surface area contributed by atoms with Crippen LogP contribution in [0.3, 0.4) is 0 Å². The summed E-state index contributed by atoms with van der Waals surface area (Å²) in [5, 5.41) is 2.75. The molecule has 5 nitrogen and oxygen atoms in total. The number of hydrogen-bond acceptors (Lipinski definition) is 3. The fourth-order valence-electron chi connectivity index (χ4n) is 2.12. The molecule has 2 amide bonds. The van der Waals surface area contributed by atoms with E-state index in [1.807, 2.05) is 7.05 Å². The number of likely N-dealkylation sites (tertiary alicyclic amines) is 1. The van der Waals surface area contributed by atoms with Crippen LogP contribution in [0.1, 0.15) is 12.8 Å². The lowest BCUT2D eigenvalue weighted by Crippen LogP contribution is -2.45. The Balaban J connectivity index is 1.88. The highest BCUT2D eigenvalue weighted by atomic mass is 79.9. The molecule has 2 heterocycles. The standard InChI is InChI=1S/C12H18BrN3O2/c1-15-7-5-9(6-8-15)16(2)12(17)14-11-4-3-10(13)18-11/h3-4,9H,5-8H2,1-2H3,(H,14,17). The van der Waals surface area contributed by atoms with Crippen molar-refractivity contribution < 1.29 is 9.21 Å². The summed E-state index contributed by atoms with van der Waals surface area (Å²) >= 11 is 3.21. The van der Waals surface area contributed by atoms with Gasteiger partial charge in [-0.05, 0) is 55.0 Å². The second kappa shape index (κ2) is 5.75. The SMILES string of the molecule is CN1CCC(N(C)C(=O)Nc2ccc(Br)o2)CC1. The third kappa shape index (κ3) is 3.26. The molecule has 6 heteroatoms. The largest absolute Gasteiger partial charge is 0.434 e. The minimum atomic E-state index is -0.119. The molecule has 1 aliphatic rings. The molecule has 18 heavy (non-hydrogen) atoms. The smallest absolute Gasteiger partial charge is 0.324 e. The van der Waals surface area contributed by atoms with Gasteiger partial charge in [0, 0.05) is 19.2 Å². The lowest BCUT2D eigenvalue weighted by atomic mass is 10.0. The summed E-state index contributed by atoms with van der Waals surface area (Å²) in [6, 6.07) is 3.67. The molecule has 0 saturated carbocycles. The van der Waals surface area contributed by atoms with Gasteiger partial charge in [-0.15, -0.1) is 0 Å². The van der Waals surface area contributed by atoms with E-state index in [2.05, 4.69) is 33.2 Å². The second-order valence-corrected chi connectivity index (χ2v) is 5.46. The Bertz CT molecular complexity index is 413. The molecule has 0 aliphatic carbocycles. The van der Waals surface area contributed by atoms with Gasteiger partial charge in [0.25, 0.3) is 0 Å². The Morgan fingerprint density at radius 2 is 2.17 bits per heavy atom. The number of halogens is 1. The lowest BCUT2D eigenvalue weighted by Gasteiger charge is -2.34. The summed E-state index contributed by atoms with van der Waals surface area (Å²) in [6.45, 7) is 2.07. The van der Waals surface area contributed by atoms with E-state index in [4.69, 9.17) is 4.42 Å². The Labute approximate surface area is 115 Å². The van der Waals surface area contributed by atoms with Crippen molar-refractivity contribution in [1.29, 1.82) is 0 Å². The molecule has 1 N–H and O–H groups in total. The van der Waals surface area contributed by atoms with Crippen molar-refractivity contribution in [3.05, 3.63) is 16.8 Å². The zero-order chi connectivity index (χ0) is 13.1. The predicted octanol–water partition coefficient (Wildman–Crippen LogP) is 2.60. The number of piperidine rings is 1. The first-order valence-electron chi connectivity index (χ1n) is 6.04. The molecule has 100 valence electrons. The zero-order valence-electron chi connectivity index (χ0n) is 10.6. The van der Waals surface area contributed by atoms with E-state index in [0.717, 1.165) is 25.9 Å². The van der Waals surface area contributed by atoms with Gasteiger partial charge < -0.3 is 14.2 Å². The van der Waals surface area contributed by atoms with Crippen molar-refractivity contribution in [2.24, 2.45) is 0 Å². The summed E-state index contributed by atoms with van der Waals surface area (Å²) in [6.07, 6.45) is 2.03. The van der Waals surface area contributed by atoms with Gasteiger partial charge in [-0.2, -0.15) is 0 Å². The van der Waals surface area contributed by atoms with Crippen LogP contribution in [0, 0.1) is 0 Å². The van der Waals surface area contributed by atoms with E-state index in [-0.39, 0.29) is 6.03 Å². The van der Waals surface area contributed by atoms with E-state index in [9.17, 15) is 4.79 Å². The predicted molar refractivity (Wildman–Crippen MR) is 73.7 cm³/mol. The van der Waals surface area contributed by atoms with Gasteiger partial charge in [0.2, 0.25) is 5.88 Å². The molecule has 1 aliphatic heterocycles. The van der Waals surface area contributed by atoms with Gasteiger partial charge in [0.1, 0.15) is 0 Å². The van der Waals surface area contributed by atoms with E-state index in [1.54, 1.807) is 17.0 Å². The maximum Gasteiger partial charge on any atom is 0.324 e. The number of anilines is 1. The maximum atomic E-state index is 12.0. The van der Waals surface area contributed by atoms with Gasteiger partial charge in [0.05, 0.1) is 0 Å². The molecule has 0 unspecified atom stereocenters. The van der Waals surface area contributed by atoms with Crippen LogP contribution >= 0.6 is 15.9 Å². The second-order valence-electron chi connectivity index (χ2n) is 4.68. The number of furan rings is 1. The number of nitrogens with zero attached hydrogens (tertiary/aromatic N) is 2. The van der Waals surface area contributed by atoms with Crippen LogP contribution in [-0.2, 0) is 0 Å². The quantitative estimate of drug-likeness (QED) is 0.912. The van der Waals surface area contributed by atoms with E-state index in [1.165, 1.54) is 0 Å². The van der Waals surface area contributed by atoms with Crippen LogP contribution < -0.4 is 5.32 Å². The van der Waals surface area contributed by atoms with Gasteiger partial charge in [-0.3, -0.25) is 5.32 Å². The third-order valence-corrected chi connectivity index (χ3v) is 3.79. The Hall–Kier alpha value is -1.01. The summed E-state index contributed by atoms with van der Waals surface area (Å²) in [7, 11) is 3.94. The monoisotopic (exact) mass is 315 g/mol. The van der Waals surface area contributed by atoms with Crippen molar-refractivity contribution in [1.82, 2.24) is 9.80 Å². The minimum absolute atomic E-state index is 0.119. The Morgan fingerprint density at radius 1 is 1.50 bits per heavy atom. The number of carbonyl (C=O) groups is 1. The van der Waals surface area contributed by atoms with Crippen LogP contribution in [0.2, 0.25) is 0 Å². The van der Waals surface area contributed by atoms with Crippen molar-refractivity contribution in [2.75, 3.05) is 32.5 Å². The van der Waals surface area contributed by atoms with Gasteiger partial charge in [-0.25, -0.2) is 4.79 Å². The fourth-order valence-corrected chi connectivity index (χ4v) is 2.43. The molecular weight excluding hydrogens is 298 g/mol. The third-order valence-electron chi connectivity index (χ3n) is 3.36. The minimum Gasteiger partial charge on any atom is -0.434 e. The number of amides is 2. The normalized spacial score (nSPS) is 17.7. The van der Waals surface area contributed by atoms with Gasteiger partial charge in [-0.1, -0.05) is 0 Å². The first kappa shape index (κ1) is 13.4. The molecular formula is C12H18BrN3O2. The van der Waals surface area contributed by atoms with Gasteiger partial charge >= 0.3 is 6.03 Å². The highest BCUT2D eigenvalue weighted by Gasteiger charge is 2.24. The van der Waals surface area contributed by atoms with Crippen LogP contribution in [0.25, 0.3) is 0 Å². The molecule has 1 aromatic heterocycles. The first-order valence-corrected chi connectivity index (χ1v) is 6.83. The molecule has 0 bridgehead atoms. The maximum absolute atomic E-state index is 12.0. The summed E-state index contributed by atoms with van der Waals surface area (Å²) in [4.78, 5) is 16.1. The van der Waals surface area contributed by atoms with Crippen molar-refractivity contribution >= 4 is 27.8 Å². The van der Waals surface area contributed by atoms with Crippen LogP contribution in [0.15, 0.2) is 21.2 Å². The van der Waals surface area contributed by atoms with Crippen LogP contribution in [-0.4, -0.2) is 49.1 Å². The highest BCUT2D eigenvalue weighted by molar-refractivity contribution is 9.10. The fraction of sp³-hybridized carbons (Fsp3) is 0.583. The van der Waals surface area contributed by atoms with E-state index in [0.29, 0.717) is 16.6 Å². The van der Waals surface area contributed by atoms with E-state index >= 15 is 0 Å². The Kier molecular flexibility index (Phi) is 4.29. The van der Waals surface area contributed by atoms with Crippen molar-refractivity contribution in [2.45, 2.75) is 18.9 Å². The Morgan fingerprint density at radius 3 is 2.72 bits per heavy atom. The summed E-state index contributed by atoms with van der Waals surface area (Å²) in [5.41, 5.74) is 0. The van der Waals surface area contributed by atoms with Crippen LogP contribution in [0.4, 0.5) is 10.7 Å². The average molecular weight is 316 g/mol. The molecule has 1 fully saturated rings. The molecule has 0 radical (unpaired) electrons.